The molecule has 0 fully saturated rings. The van der Waals surface area contributed by atoms with Crippen LogP contribution in [-0.4, -0.2) is 18.3 Å². The highest BCUT2D eigenvalue weighted by Gasteiger charge is 2.12. The van der Waals surface area contributed by atoms with E-state index in [0.717, 1.165) is 30.9 Å². The molecule has 1 N–H and O–H groups in total. The van der Waals surface area contributed by atoms with Crippen molar-refractivity contribution in [2.45, 2.75) is 6.61 Å². The zero-order chi connectivity index (χ0) is 21.6. The van der Waals surface area contributed by atoms with Gasteiger partial charge >= 0.3 is 0 Å². The lowest BCUT2D eigenvalue weighted by Gasteiger charge is -2.13. The van der Waals surface area contributed by atoms with E-state index in [1.165, 1.54) is 0 Å². The Balaban J connectivity index is 1.45. The molecule has 0 amide bonds. The van der Waals surface area contributed by atoms with Gasteiger partial charge in [0.1, 0.15) is 6.61 Å². The minimum Gasteiger partial charge on any atom is -0.493 e. The average Bonchev–Trinajstić information content (AvgIpc) is 3.21. The van der Waals surface area contributed by atoms with E-state index in [0.29, 0.717) is 23.7 Å². The van der Waals surface area contributed by atoms with E-state index in [1.54, 1.807) is 36.8 Å². The smallest absolute Gasteiger partial charge is 0.204 e. The molecule has 4 rings (SSSR count). The molecule has 0 atom stereocenters. The number of para-hydroxylation sites is 1. The third-order valence-corrected chi connectivity index (χ3v) is 5.92. The van der Waals surface area contributed by atoms with Crippen LogP contribution in [0.2, 0.25) is 0 Å². The van der Waals surface area contributed by atoms with Crippen molar-refractivity contribution >= 4 is 48.8 Å². The lowest BCUT2D eigenvalue weighted by atomic mass is 10.1. The fraction of sp³-hybridized carbons (Fsp3) is 0.0870. The Kier molecular flexibility index (Phi) is 6.46. The number of ether oxygens (including phenoxy) is 2. The van der Waals surface area contributed by atoms with E-state index in [2.05, 4.69) is 37.5 Å². The van der Waals surface area contributed by atoms with Crippen LogP contribution < -0.4 is 14.9 Å². The number of methoxy groups -OCH3 is 1. The number of nitriles is 1. The van der Waals surface area contributed by atoms with E-state index in [4.69, 9.17) is 14.7 Å². The number of anilines is 1. The maximum atomic E-state index is 8.90. The number of hydrogen-bond acceptors (Lipinski definition) is 7. The second kappa shape index (κ2) is 9.60. The normalized spacial score (nSPS) is 10.9. The fourth-order valence-corrected chi connectivity index (χ4v) is 4.26. The molecule has 1 heterocycles. The molecule has 154 valence electrons. The highest BCUT2D eigenvalue weighted by Crippen LogP contribution is 2.37. The number of hydrogen-bond donors (Lipinski definition) is 1. The number of halogens is 1. The van der Waals surface area contributed by atoms with E-state index >= 15 is 0 Å². The van der Waals surface area contributed by atoms with Crippen LogP contribution in [0.25, 0.3) is 10.2 Å². The molecular weight excluding hydrogens is 476 g/mol. The molecule has 3 aromatic carbocycles. The van der Waals surface area contributed by atoms with Crippen molar-refractivity contribution in [1.29, 1.82) is 5.26 Å². The van der Waals surface area contributed by atoms with Gasteiger partial charge in [-0.1, -0.05) is 35.6 Å². The van der Waals surface area contributed by atoms with Crippen LogP contribution in [0.3, 0.4) is 0 Å². The third kappa shape index (κ3) is 5.02. The number of fused-ring (bicyclic) bond motifs is 1. The van der Waals surface area contributed by atoms with Gasteiger partial charge in [-0.25, -0.2) is 4.98 Å². The summed E-state index contributed by atoms with van der Waals surface area (Å²) in [5, 5.41) is 13.9. The number of rotatable bonds is 7. The predicted molar refractivity (Wildman–Crippen MR) is 127 cm³/mol. The Hall–Kier alpha value is -3.41. The van der Waals surface area contributed by atoms with Gasteiger partial charge in [0.05, 0.1) is 39.6 Å². The van der Waals surface area contributed by atoms with Gasteiger partial charge in [0.2, 0.25) is 5.13 Å². The van der Waals surface area contributed by atoms with Crippen LogP contribution >= 0.6 is 27.3 Å². The van der Waals surface area contributed by atoms with Gasteiger partial charge < -0.3 is 9.47 Å². The number of hydrazone groups is 1. The van der Waals surface area contributed by atoms with Crippen molar-refractivity contribution in [1.82, 2.24) is 4.98 Å². The maximum absolute atomic E-state index is 8.90. The Morgan fingerprint density at radius 2 is 2.00 bits per heavy atom. The molecular formula is C23H17BrN4O2S. The highest BCUT2D eigenvalue weighted by atomic mass is 79.9. The molecule has 0 aliphatic rings. The van der Waals surface area contributed by atoms with Crippen molar-refractivity contribution in [3.05, 3.63) is 81.8 Å². The summed E-state index contributed by atoms with van der Waals surface area (Å²) in [6, 6.07) is 21.1. The van der Waals surface area contributed by atoms with Gasteiger partial charge in [-0.15, -0.1) is 0 Å². The monoisotopic (exact) mass is 492 g/mol. The van der Waals surface area contributed by atoms with Gasteiger partial charge in [-0.3, -0.25) is 5.43 Å². The van der Waals surface area contributed by atoms with Crippen molar-refractivity contribution in [3.8, 4) is 17.6 Å². The van der Waals surface area contributed by atoms with E-state index in [-0.39, 0.29) is 0 Å². The SMILES string of the molecule is COc1cc(C=NNc2nc3ccccc3s2)cc(Br)c1OCc1ccc(C#N)cc1. The van der Waals surface area contributed by atoms with Crippen molar-refractivity contribution in [2.75, 3.05) is 12.5 Å². The quantitative estimate of drug-likeness (QED) is 0.254. The summed E-state index contributed by atoms with van der Waals surface area (Å²) >= 11 is 5.10. The Labute approximate surface area is 191 Å². The summed E-state index contributed by atoms with van der Waals surface area (Å²) < 4.78 is 13.3. The molecule has 4 aromatic rings. The molecule has 8 heteroatoms. The summed E-state index contributed by atoms with van der Waals surface area (Å²) in [4.78, 5) is 4.50. The van der Waals surface area contributed by atoms with Gasteiger partial charge in [0, 0.05) is 0 Å². The molecule has 0 aliphatic carbocycles. The van der Waals surface area contributed by atoms with Crippen LogP contribution in [0, 0.1) is 11.3 Å². The number of aromatic nitrogens is 1. The molecule has 0 spiro atoms. The molecule has 1 aromatic heterocycles. The van der Waals surface area contributed by atoms with Gasteiger partial charge in [0.25, 0.3) is 0 Å². The molecule has 31 heavy (non-hydrogen) atoms. The summed E-state index contributed by atoms with van der Waals surface area (Å²) in [5.41, 5.74) is 6.33. The van der Waals surface area contributed by atoms with Gasteiger partial charge in [-0.05, 0) is 63.5 Å². The van der Waals surface area contributed by atoms with Gasteiger partial charge in [0.15, 0.2) is 11.5 Å². The van der Waals surface area contributed by atoms with Crippen LogP contribution in [0.1, 0.15) is 16.7 Å². The number of thiazole rings is 1. The summed E-state index contributed by atoms with van der Waals surface area (Å²) in [5.74, 6) is 1.19. The Morgan fingerprint density at radius 3 is 2.74 bits per heavy atom. The number of nitrogens with one attached hydrogen (secondary N) is 1. The average molecular weight is 493 g/mol. The topological polar surface area (TPSA) is 79.5 Å². The van der Waals surface area contributed by atoms with Crippen LogP contribution in [-0.2, 0) is 6.61 Å². The lowest BCUT2D eigenvalue weighted by Crippen LogP contribution is -2.00. The first-order chi connectivity index (χ1) is 15.2. The maximum Gasteiger partial charge on any atom is 0.204 e. The van der Waals surface area contributed by atoms with E-state index < -0.39 is 0 Å². The van der Waals surface area contributed by atoms with Crippen LogP contribution in [0.5, 0.6) is 11.5 Å². The molecule has 6 nitrogen and oxygen atoms in total. The largest absolute Gasteiger partial charge is 0.493 e. The second-order valence-electron chi connectivity index (χ2n) is 6.49. The van der Waals surface area contributed by atoms with Crippen molar-refractivity contribution in [3.63, 3.8) is 0 Å². The first-order valence-corrected chi connectivity index (χ1v) is 10.9. The predicted octanol–water partition coefficient (Wildman–Crippen LogP) is 5.96. The first kappa shape index (κ1) is 20.8. The fourth-order valence-electron chi connectivity index (χ4n) is 2.87. The standard InChI is InChI=1S/C23H17BrN4O2S/c1-29-20-11-17(13-26-28-23-27-19-4-2-3-5-21(19)31-23)10-18(24)22(20)30-14-16-8-6-15(12-25)7-9-16/h2-11,13H,14H2,1H3,(H,27,28). The van der Waals surface area contributed by atoms with E-state index in [9.17, 15) is 0 Å². The van der Waals surface area contributed by atoms with Crippen LogP contribution in [0.15, 0.2) is 70.2 Å². The zero-order valence-electron chi connectivity index (χ0n) is 16.5. The summed E-state index contributed by atoms with van der Waals surface area (Å²) in [6.07, 6.45) is 1.70. The summed E-state index contributed by atoms with van der Waals surface area (Å²) in [6.45, 7) is 0.354. The summed E-state index contributed by atoms with van der Waals surface area (Å²) in [7, 11) is 1.59. The lowest BCUT2D eigenvalue weighted by molar-refractivity contribution is 0.282. The minimum atomic E-state index is 0.354. The third-order valence-electron chi connectivity index (χ3n) is 4.39. The molecule has 0 unspecified atom stereocenters. The van der Waals surface area contributed by atoms with Crippen LogP contribution in [0.4, 0.5) is 5.13 Å². The van der Waals surface area contributed by atoms with Crippen molar-refractivity contribution in [2.24, 2.45) is 5.10 Å². The molecule has 0 aliphatic heterocycles. The minimum absolute atomic E-state index is 0.354. The molecule has 0 bridgehead atoms. The Morgan fingerprint density at radius 1 is 1.19 bits per heavy atom. The number of benzene rings is 3. The zero-order valence-corrected chi connectivity index (χ0v) is 18.9. The number of nitrogens with zero attached hydrogens (tertiary/aromatic N) is 3. The second-order valence-corrected chi connectivity index (χ2v) is 8.37. The highest BCUT2D eigenvalue weighted by molar-refractivity contribution is 9.10. The molecule has 0 saturated carbocycles. The molecule has 0 radical (unpaired) electrons. The first-order valence-electron chi connectivity index (χ1n) is 9.30. The van der Waals surface area contributed by atoms with Gasteiger partial charge in [-0.2, -0.15) is 10.4 Å². The van der Waals surface area contributed by atoms with Crippen molar-refractivity contribution < 1.29 is 9.47 Å². The molecule has 0 saturated heterocycles. The Bertz CT molecular complexity index is 1250. The van der Waals surface area contributed by atoms with E-state index in [1.807, 2.05) is 48.5 Å².